The molecule has 1 aliphatic heterocycles. The summed E-state index contributed by atoms with van der Waals surface area (Å²) in [5.41, 5.74) is 1.27. The van der Waals surface area contributed by atoms with Gasteiger partial charge in [0.05, 0.1) is 0 Å². The minimum Gasteiger partial charge on any atom is -0.338 e. The van der Waals surface area contributed by atoms with Crippen LogP contribution in [0.5, 0.6) is 0 Å². The summed E-state index contributed by atoms with van der Waals surface area (Å²) in [6.45, 7) is 7.08. The summed E-state index contributed by atoms with van der Waals surface area (Å²) in [6.07, 6.45) is 3.18. The van der Waals surface area contributed by atoms with E-state index in [1.807, 2.05) is 23.1 Å². The zero-order valence-corrected chi connectivity index (χ0v) is 12.6. The summed E-state index contributed by atoms with van der Waals surface area (Å²) in [6, 6.07) is 10.4. The predicted octanol–water partition coefficient (Wildman–Crippen LogP) is 3.31. The Bertz CT molecular complexity index is 408. The Hall–Kier alpha value is -1.51. The molecule has 0 aliphatic carbocycles. The maximum atomic E-state index is 12.1. The summed E-state index contributed by atoms with van der Waals surface area (Å²) >= 11 is 0. The predicted molar refractivity (Wildman–Crippen MR) is 82.7 cm³/mol. The van der Waals surface area contributed by atoms with Crippen LogP contribution in [0.15, 0.2) is 30.3 Å². The van der Waals surface area contributed by atoms with Gasteiger partial charge in [0.15, 0.2) is 0 Å². The lowest BCUT2D eigenvalue weighted by molar-refractivity contribution is 0.157. The van der Waals surface area contributed by atoms with Crippen molar-refractivity contribution in [1.82, 2.24) is 10.2 Å². The van der Waals surface area contributed by atoms with Crippen LogP contribution in [0.4, 0.5) is 4.79 Å². The highest BCUT2D eigenvalue weighted by molar-refractivity contribution is 5.74. The maximum absolute atomic E-state index is 12.1. The molecule has 1 saturated heterocycles. The van der Waals surface area contributed by atoms with Crippen LogP contribution >= 0.6 is 0 Å². The molecule has 0 spiro atoms. The number of benzene rings is 1. The van der Waals surface area contributed by atoms with Crippen molar-refractivity contribution >= 4 is 6.03 Å². The van der Waals surface area contributed by atoms with Crippen LogP contribution in [0.2, 0.25) is 0 Å². The molecule has 0 radical (unpaired) electrons. The highest BCUT2D eigenvalue weighted by atomic mass is 16.2. The lowest BCUT2D eigenvalue weighted by Crippen LogP contribution is -2.45. The van der Waals surface area contributed by atoms with Crippen molar-refractivity contribution in [2.45, 2.75) is 33.1 Å². The Labute approximate surface area is 122 Å². The molecule has 0 bridgehead atoms. The molecule has 0 saturated carbocycles. The van der Waals surface area contributed by atoms with Crippen LogP contribution in [0.25, 0.3) is 0 Å². The van der Waals surface area contributed by atoms with Gasteiger partial charge in [-0.15, -0.1) is 0 Å². The van der Waals surface area contributed by atoms with Gasteiger partial charge in [-0.05, 0) is 36.7 Å². The van der Waals surface area contributed by atoms with Gasteiger partial charge in [0.2, 0.25) is 0 Å². The summed E-state index contributed by atoms with van der Waals surface area (Å²) in [5.74, 6) is 1.52. The fraction of sp³-hybridized carbons (Fsp3) is 0.588. The van der Waals surface area contributed by atoms with E-state index in [1.54, 1.807) is 0 Å². The molecule has 3 heteroatoms. The van der Waals surface area contributed by atoms with Gasteiger partial charge in [0.1, 0.15) is 0 Å². The fourth-order valence-electron chi connectivity index (χ4n) is 2.84. The maximum Gasteiger partial charge on any atom is 0.317 e. The first-order valence-electron chi connectivity index (χ1n) is 7.73. The molecule has 2 rings (SSSR count). The number of urea groups is 1. The second kappa shape index (κ2) is 7.32. The topological polar surface area (TPSA) is 32.3 Å². The minimum atomic E-state index is 0.100. The van der Waals surface area contributed by atoms with Crippen LogP contribution in [0.1, 0.15) is 32.3 Å². The van der Waals surface area contributed by atoms with E-state index in [-0.39, 0.29) is 6.03 Å². The van der Waals surface area contributed by atoms with E-state index in [2.05, 4.69) is 31.3 Å². The summed E-state index contributed by atoms with van der Waals surface area (Å²) in [5, 5.41) is 3.03. The zero-order chi connectivity index (χ0) is 14.4. The number of carbonyl (C=O) groups excluding carboxylic acids is 1. The van der Waals surface area contributed by atoms with Crippen molar-refractivity contribution in [3.8, 4) is 0 Å². The van der Waals surface area contributed by atoms with E-state index >= 15 is 0 Å². The van der Waals surface area contributed by atoms with Gasteiger partial charge in [-0.2, -0.15) is 0 Å². The first-order valence-corrected chi connectivity index (χ1v) is 7.73. The van der Waals surface area contributed by atoms with E-state index in [0.29, 0.717) is 6.54 Å². The second-order valence-electron chi connectivity index (χ2n) is 6.04. The van der Waals surface area contributed by atoms with Crippen molar-refractivity contribution in [3.63, 3.8) is 0 Å². The Morgan fingerprint density at radius 3 is 2.50 bits per heavy atom. The molecule has 2 amide bonds. The van der Waals surface area contributed by atoms with Gasteiger partial charge in [-0.3, -0.25) is 0 Å². The average Bonchev–Trinajstić information content (AvgIpc) is 2.48. The fourth-order valence-corrected chi connectivity index (χ4v) is 2.84. The van der Waals surface area contributed by atoms with Crippen molar-refractivity contribution < 1.29 is 4.79 Å². The molecule has 1 aliphatic rings. The molecule has 0 atom stereocenters. The molecule has 20 heavy (non-hydrogen) atoms. The number of rotatable bonds is 4. The van der Waals surface area contributed by atoms with Gasteiger partial charge in [0, 0.05) is 19.6 Å². The Morgan fingerprint density at radius 2 is 1.90 bits per heavy atom. The number of nitrogens with zero attached hydrogens (tertiary/aromatic N) is 1. The molecule has 1 N–H and O–H groups in total. The third-order valence-corrected chi connectivity index (χ3v) is 4.30. The number of amides is 2. The summed E-state index contributed by atoms with van der Waals surface area (Å²) < 4.78 is 0. The smallest absolute Gasteiger partial charge is 0.317 e. The SMILES string of the molecule is CC(C)C1CCN(C(=O)NCCc2ccccc2)CC1. The summed E-state index contributed by atoms with van der Waals surface area (Å²) in [4.78, 5) is 14.0. The Morgan fingerprint density at radius 1 is 1.25 bits per heavy atom. The number of hydrogen-bond donors (Lipinski definition) is 1. The zero-order valence-electron chi connectivity index (χ0n) is 12.6. The van der Waals surface area contributed by atoms with E-state index < -0.39 is 0 Å². The van der Waals surface area contributed by atoms with Gasteiger partial charge in [0.25, 0.3) is 0 Å². The van der Waals surface area contributed by atoms with Crippen LogP contribution < -0.4 is 5.32 Å². The molecular formula is C17H26N2O. The van der Waals surface area contributed by atoms with Crippen LogP contribution in [0.3, 0.4) is 0 Å². The number of piperidine rings is 1. The lowest BCUT2D eigenvalue weighted by atomic mass is 9.87. The molecule has 0 unspecified atom stereocenters. The van der Waals surface area contributed by atoms with Crippen molar-refractivity contribution in [3.05, 3.63) is 35.9 Å². The minimum absolute atomic E-state index is 0.100. The largest absolute Gasteiger partial charge is 0.338 e. The third-order valence-electron chi connectivity index (χ3n) is 4.30. The van der Waals surface area contributed by atoms with Crippen LogP contribution in [-0.4, -0.2) is 30.6 Å². The van der Waals surface area contributed by atoms with E-state index in [9.17, 15) is 4.79 Å². The number of likely N-dealkylation sites (tertiary alicyclic amines) is 1. The lowest BCUT2D eigenvalue weighted by Gasteiger charge is -2.33. The van der Waals surface area contributed by atoms with Gasteiger partial charge >= 0.3 is 6.03 Å². The quantitative estimate of drug-likeness (QED) is 0.897. The van der Waals surface area contributed by atoms with Gasteiger partial charge in [-0.1, -0.05) is 44.2 Å². The van der Waals surface area contributed by atoms with Crippen molar-refractivity contribution in [2.24, 2.45) is 11.8 Å². The summed E-state index contributed by atoms with van der Waals surface area (Å²) in [7, 11) is 0. The van der Waals surface area contributed by atoms with Crippen LogP contribution in [0, 0.1) is 11.8 Å². The average molecular weight is 274 g/mol. The van der Waals surface area contributed by atoms with E-state index in [0.717, 1.165) is 44.2 Å². The standard InChI is InChI=1S/C17H26N2O/c1-14(2)16-9-12-19(13-10-16)17(20)18-11-8-15-6-4-3-5-7-15/h3-7,14,16H,8-13H2,1-2H3,(H,18,20). The molecular weight excluding hydrogens is 248 g/mol. The highest BCUT2D eigenvalue weighted by Crippen LogP contribution is 2.24. The molecule has 1 aromatic rings. The van der Waals surface area contributed by atoms with Crippen LogP contribution in [-0.2, 0) is 6.42 Å². The van der Waals surface area contributed by atoms with Crippen molar-refractivity contribution in [1.29, 1.82) is 0 Å². The molecule has 1 heterocycles. The van der Waals surface area contributed by atoms with Crippen molar-refractivity contribution in [2.75, 3.05) is 19.6 Å². The number of carbonyl (C=O) groups is 1. The van der Waals surface area contributed by atoms with Gasteiger partial charge in [-0.25, -0.2) is 4.79 Å². The second-order valence-corrected chi connectivity index (χ2v) is 6.04. The first-order chi connectivity index (χ1) is 9.66. The molecule has 1 fully saturated rings. The number of hydrogen-bond acceptors (Lipinski definition) is 1. The third kappa shape index (κ3) is 4.26. The van der Waals surface area contributed by atoms with Gasteiger partial charge < -0.3 is 10.2 Å². The normalized spacial score (nSPS) is 16.4. The first kappa shape index (κ1) is 14.9. The molecule has 1 aromatic carbocycles. The van der Waals surface area contributed by atoms with E-state index in [1.165, 1.54) is 5.56 Å². The molecule has 3 nitrogen and oxygen atoms in total. The molecule has 110 valence electrons. The Balaban J connectivity index is 1.68. The monoisotopic (exact) mass is 274 g/mol. The number of nitrogens with one attached hydrogen (secondary N) is 1. The Kier molecular flexibility index (Phi) is 5.45. The van der Waals surface area contributed by atoms with E-state index in [4.69, 9.17) is 0 Å². The molecule has 0 aromatic heterocycles. The highest BCUT2D eigenvalue weighted by Gasteiger charge is 2.24.